The fraction of sp³-hybridized carbons (Fsp3) is 0.250. The molecule has 0 saturated heterocycles. The number of halogens is 2. The molecular weight excluding hydrogens is 304 g/mol. The van der Waals surface area contributed by atoms with Gasteiger partial charge in [0.15, 0.2) is 16.8 Å². The number of carbonyl (C=O) groups excluding carboxylic acids is 1. The van der Waals surface area contributed by atoms with Gasteiger partial charge in [0, 0.05) is 13.0 Å². The van der Waals surface area contributed by atoms with Crippen molar-refractivity contribution in [3.05, 3.63) is 23.8 Å². The van der Waals surface area contributed by atoms with E-state index in [-0.39, 0.29) is 34.9 Å². The normalized spacial score (nSPS) is 11.0. The highest BCUT2D eigenvalue weighted by Crippen LogP contribution is 2.27. The first-order valence-electron chi connectivity index (χ1n) is 5.87. The molecule has 1 heterocycles. The van der Waals surface area contributed by atoms with E-state index in [9.17, 15) is 18.4 Å². The summed E-state index contributed by atoms with van der Waals surface area (Å²) >= 11 is 0.858. The van der Waals surface area contributed by atoms with Gasteiger partial charge in [-0.15, -0.1) is 0 Å². The summed E-state index contributed by atoms with van der Waals surface area (Å²) in [6.07, 6.45) is -0.0952. The number of carboxylic acid groups (broad SMARTS) is 1. The molecule has 0 fully saturated rings. The number of nitrogens with zero attached hydrogens (tertiary/aromatic N) is 2. The van der Waals surface area contributed by atoms with Gasteiger partial charge in [-0.1, -0.05) is 11.8 Å². The number of rotatable bonds is 6. The van der Waals surface area contributed by atoms with Gasteiger partial charge < -0.3 is 15.4 Å². The number of aryl methyl sites for hydroxylation is 1. The quantitative estimate of drug-likeness (QED) is 0.784. The topological polar surface area (TPSA) is 98.2 Å². The summed E-state index contributed by atoms with van der Waals surface area (Å²) in [6, 6.07) is 2.23. The molecule has 0 aliphatic carbocycles. The minimum Gasteiger partial charge on any atom is -0.481 e. The molecule has 0 aliphatic rings. The molecule has 2 aromatic rings. The van der Waals surface area contributed by atoms with Crippen LogP contribution in [-0.4, -0.2) is 32.3 Å². The Morgan fingerprint density at radius 3 is 2.71 bits per heavy atom. The standard InChI is InChI=1S/C12H11F2N3O3S/c13-6-1-2-7-11(10(6)14)17(4-3-8(15)18)12(16-7)21-5-9(19)20/h1-2H,3-5H2,(H2,15,18)(H,19,20). The van der Waals surface area contributed by atoms with Crippen molar-refractivity contribution < 1.29 is 23.5 Å². The number of thioether (sulfide) groups is 1. The van der Waals surface area contributed by atoms with Gasteiger partial charge in [0.25, 0.3) is 0 Å². The van der Waals surface area contributed by atoms with Crippen molar-refractivity contribution in [3.63, 3.8) is 0 Å². The summed E-state index contributed by atoms with van der Waals surface area (Å²) in [5.74, 6) is -4.10. The van der Waals surface area contributed by atoms with E-state index < -0.39 is 23.5 Å². The van der Waals surface area contributed by atoms with Crippen LogP contribution in [0.2, 0.25) is 0 Å². The number of imidazole rings is 1. The molecule has 0 atom stereocenters. The second kappa shape index (κ2) is 6.08. The number of amides is 1. The summed E-state index contributed by atoms with van der Waals surface area (Å²) in [5.41, 5.74) is 5.13. The van der Waals surface area contributed by atoms with Crippen LogP contribution in [0, 0.1) is 11.6 Å². The lowest BCUT2D eigenvalue weighted by Crippen LogP contribution is -2.15. The van der Waals surface area contributed by atoms with Gasteiger partial charge in [-0.25, -0.2) is 13.8 Å². The van der Waals surface area contributed by atoms with Gasteiger partial charge in [0.2, 0.25) is 5.91 Å². The predicted molar refractivity (Wildman–Crippen MR) is 71.8 cm³/mol. The first-order valence-corrected chi connectivity index (χ1v) is 6.86. The molecule has 1 amide bonds. The molecule has 0 radical (unpaired) electrons. The number of fused-ring (bicyclic) bond motifs is 1. The number of hydrogen-bond donors (Lipinski definition) is 2. The fourth-order valence-electron chi connectivity index (χ4n) is 1.80. The lowest BCUT2D eigenvalue weighted by molar-refractivity contribution is -0.134. The van der Waals surface area contributed by atoms with Crippen LogP contribution in [0.15, 0.2) is 17.3 Å². The number of nitrogens with two attached hydrogens (primary N) is 1. The highest BCUT2D eigenvalue weighted by molar-refractivity contribution is 7.99. The zero-order valence-corrected chi connectivity index (χ0v) is 11.5. The van der Waals surface area contributed by atoms with Crippen LogP contribution in [-0.2, 0) is 16.1 Å². The zero-order valence-electron chi connectivity index (χ0n) is 10.7. The van der Waals surface area contributed by atoms with E-state index >= 15 is 0 Å². The number of carbonyl (C=O) groups is 2. The Hall–Kier alpha value is -2.16. The van der Waals surface area contributed by atoms with Crippen LogP contribution in [0.3, 0.4) is 0 Å². The van der Waals surface area contributed by atoms with Crippen LogP contribution in [0.5, 0.6) is 0 Å². The Labute approximate surface area is 121 Å². The minimum atomic E-state index is -1.09. The number of aliphatic carboxylic acids is 1. The second-order valence-electron chi connectivity index (χ2n) is 4.17. The molecule has 0 aliphatic heterocycles. The SMILES string of the molecule is NC(=O)CCn1c(SCC(=O)O)nc2ccc(F)c(F)c21. The minimum absolute atomic E-state index is 0.00579. The van der Waals surface area contributed by atoms with E-state index in [0.29, 0.717) is 0 Å². The van der Waals surface area contributed by atoms with Gasteiger partial charge in [-0.2, -0.15) is 0 Å². The lowest BCUT2D eigenvalue weighted by atomic mass is 10.3. The molecule has 0 unspecified atom stereocenters. The monoisotopic (exact) mass is 315 g/mol. The van der Waals surface area contributed by atoms with Crippen molar-refractivity contribution in [3.8, 4) is 0 Å². The smallest absolute Gasteiger partial charge is 0.313 e. The largest absolute Gasteiger partial charge is 0.481 e. The van der Waals surface area contributed by atoms with Gasteiger partial charge in [0.05, 0.1) is 11.3 Å². The highest BCUT2D eigenvalue weighted by Gasteiger charge is 2.18. The number of benzene rings is 1. The van der Waals surface area contributed by atoms with E-state index in [4.69, 9.17) is 10.8 Å². The Kier molecular flexibility index (Phi) is 4.41. The molecular formula is C12H11F2N3O3S. The average molecular weight is 315 g/mol. The molecule has 6 nitrogen and oxygen atoms in total. The first kappa shape index (κ1) is 15.2. The van der Waals surface area contributed by atoms with Crippen LogP contribution < -0.4 is 5.73 Å². The van der Waals surface area contributed by atoms with Crippen LogP contribution in [0.1, 0.15) is 6.42 Å². The van der Waals surface area contributed by atoms with E-state index in [2.05, 4.69) is 4.98 Å². The molecule has 2 rings (SSSR count). The molecule has 21 heavy (non-hydrogen) atoms. The summed E-state index contributed by atoms with van der Waals surface area (Å²) in [4.78, 5) is 25.6. The maximum Gasteiger partial charge on any atom is 0.313 e. The fourth-order valence-corrected chi connectivity index (χ4v) is 2.56. The zero-order chi connectivity index (χ0) is 15.6. The maximum absolute atomic E-state index is 13.9. The first-order chi connectivity index (χ1) is 9.90. The van der Waals surface area contributed by atoms with Gasteiger partial charge >= 0.3 is 5.97 Å². The summed E-state index contributed by atoms with van der Waals surface area (Å²) in [7, 11) is 0. The van der Waals surface area contributed by atoms with Crippen molar-refractivity contribution in [2.45, 2.75) is 18.1 Å². The van der Waals surface area contributed by atoms with Crippen LogP contribution in [0.4, 0.5) is 8.78 Å². The summed E-state index contributed by atoms with van der Waals surface area (Å²) in [6.45, 7) is -0.00579. The van der Waals surface area contributed by atoms with Crippen molar-refractivity contribution in [1.82, 2.24) is 9.55 Å². The third kappa shape index (κ3) is 3.30. The van der Waals surface area contributed by atoms with Crippen LogP contribution in [0.25, 0.3) is 11.0 Å². The Bertz CT molecular complexity index is 717. The van der Waals surface area contributed by atoms with Crippen LogP contribution >= 0.6 is 11.8 Å². The van der Waals surface area contributed by atoms with Crippen molar-refractivity contribution >= 4 is 34.7 Å². The number of primary amides is 1. The highest BCUT2D eigenvalue weighted by atomic mass is 32.2. The number of hydrogen-bond acceptors (Lipinski definition) is 4. The van der Waals surface area contributed by atoms with Gasteiger partial charge in [-0.05, 0) is 12.1 Å². The molecule has 1 aromatic heterocycles. The van der Waals surface area contributed by atoms with E-state index in [1.807, 2.05) is 0 Å². The van der Waals surface area contributed by atoms with Crippen molar-refractivity contribution in [2.24, 2.45) is 5.73 Å². The third-order valence-electron chi connectivity index (χ3n) is 2.67. The van der Waals surface area contributed by atoms with E-state index in [1.165, 1.54) is 10.6 Å². The summed E-state index contributed by atoms with van der Waals surface area (Å²) < 4.78 is 28.5. The van der Waals surface area contributed by atoms with E-state index in [1.54, 1.807) is 0 Å². The molecule has 112 valence electrons. The molecule has 3 N–H and O–H groups in total. The third-order valence-corrected chi connectivity index (χ3v) is 3.63. The molecule has 9 heteroatoms. The second-order valence-corrected chi connectivity index (χ2v) is 5.12. The van der Waals surface area contributed by atoms with Crippen molar-refractivity contribution in [2.75, 3.05) is 5.75 Å². The molecule has 1 aromatic carbocycles. The number of aromatic nitrogens is 2. The average Bonchev–Trinajstić information content (AvgIpc) is 2.76. The predicted octanol–water partition coefficient (Wildman–Crippen LogP) is 1.37. The Morgan fingerprint density at radius 2 is 2.10 bits per heavy atom. The molecule has 0 bridgehead atoms. The number of carboxylic acids is 1. The van der Waals surface area contributed by atoms with E-state index in [0.717, 1.165) is 17.8 Å². The Balaban J connectivity index is 2.50. The maximum atomic E-state index is 13.9. The molecule has 0 spiro atoms. The van der Waals surface area contributed by atoms with Gasteiger partial charge in [0.1, 0.15) is 5.52 Å². The summed E-state index contributed by atoms with van der Waals surface area (Å²) in [5, 5.41) is 8.88. The molecule has 0 saturated carbocycles. The van der Waals surface area contributed by atoms with Gasteiger partial charge in [-0.3, -0.25) is 9.59 Å². The Morgan fingerprint density at radius 1 is 1.38 bits per heavy atom. The lowest BCUT2D eigenvalue weighted by Gasteiger charge is -2.07. The van der Waals surface area contributed by atoms with Crippen molar-refractivity contribution in [1.29, 1.82) is 0 Å².